The molecule has 1 atom stereocenters. The Morgan fingerprint density at radius 2 is 2.10 bits per heavy atom. The quantitative estimate of drug-likeness (QED) is 0.910. The van der Waals surface area contributed by atoms with Crippen molar-refractivity contribution < 1.29 is 0 Å². The Morgan fingerprint density at radius 3 is 2.65 bits per heavy atom. The summed E-state index contributed by atoms with van der Waals surface area (Å²) in [6.07, 6.45) is 1.62. The first-order valence-electron chi connectivity index (χ1n) is 6.69. The predicted octanol–water partition coefficient (Wildman–Crippen LogP) is 3.79. The van der Waals surface area contributed by atoms with Crippen LogP contribution in [0.1, 0.15) is 29.9 Å². The number of hydrogen-bond acceptors (Lipinski definition) is 2. The smallest absolute Gasteiger partial charge is 0.0850 e. The molecule has 1 unspecified atom stereocenters. The van der Waals surface area contributed by atoms with Gasteiger partial charge in [-0.05, 0) is 31.2 Å². The van der Waals surface area contributed by atoms with Crippen LogP contribution in [0.5, 0.6) is 0 Å². The topological polar surface area (TPSA) is 29.9 Å². The Balaban J connectivity index is 2.29. The maximum absolute atomic E-state index is 6.41. The molecule has 1 heterocycles. The molecule has 2 rings (SSSR count). The lowest BCUT2D eigenvalue weighted by Crippen LogP contribution is -2.20. The van der Waals surface area contributed by atoms with Crippen LogP contribution in [-0.2, 0) is 19.9 Å². The minimum atomic E-state index is 0.159. The average Bonchev–Trinajstić information content (AvgIpc) is 2.71. The van der Waals surface area contributed by atoms with Crippen molar-refractivity contribution in [3.63, 3.8) is 0 Å². The molecule has 1 aromatic carbocycles. The van der Waals surface area contributed by atoms with E-state index in [2.05, 4.69) is 23.4 Å². The van der Waals surface area contributed by atoms with Crippen LogP contribution >= 0.6 is 23.2 Å². The van der Waals surface area contributed by atoms with Gasteiger partial charge in [0.1, 0.15) is 0 Å². The summed E-state index contributed by atoms with van der Waals surface area (Å²) < 4.78 is 1.87. The van der Waals surface area contributed by atoms with Crippen molar-refractivity contribution in [1.29, 1.82) is 0 Å². The van der Waals surface area contributed by atoms with Crippen LogP contribution in [0.4, 0.5) is 0 Å². The second-order valence-electron chi connectivity index (χ2n) is 4.78. The van der Waals surface area contributed by atoms with E-state index in [0.29, 0.717) is 0 Å². The SMILES string of the molecule is CCc1nn(C)c(CC(NC)c2cccc(Cl)c2)c1Cl. The van der Waals surface area contributed by atoms with E-state index in [4.69, 9.17) is 23.2 Å². The highest BCUT2D eigenvalue weighted by Gasteiger charge is 2.18. The van der Waals surface area contributed by atoms with Gasteiger partial charge in [0.05, 0.1) is 16.4 Å². The van der Waals surface area contributed by atoms with Gasteiger partial charge in [0, 0.05) is 24.5 Å². The summed E-state index contributed by atoms with van der Waals surface area (Å²) in [5.74, 6) is 0. The van der Waals surface area contributed by atoms with Gasteiger partial charge in [-0.2, -0.15) is 5.10 Å². The average molecular weight is 312 g/mol. The molecule has 0 saturated carbocycles. The zero-order chi connectivity index (χ0) is 14.7. The van der Waals surface area contributed by atoms with Crippen LogP contribution in [0.15, 0.2) is 24.3 Å². The molecule has 0 aliphatic heterocycles. The molecule has 0 aliphatic carbocycles. The molecule has 20 heavy (non-hydrogen) atoms. The number of benzene rings is 1. The zero-order valence-electron chi connectivity index (χ0n) is 12.0. The minimum Gasteiger partial charge on any atom is -0.313 e. The molecule has 5 heteroatoms. The number of likely N-dealkylation sites (N-methyl/N-ethyl adjacent to an activating group) is 1. The molecule has 1 N–H and O–H groups in total. The first-order chi connectivity index (χ1) is 9.56. The van der Waals surface area contributed by atoms with Crippen LogP contribution in [0.3, 0.4) is 0 Å². The van der Waals surface area contributed by atoms with Gasteiger partial charge < -0.3 is 5.32 Å². The van der Waals surface area contributed by atoms with E-state index in [9.17, 15) is 0 Å². The Hall–Kier alpha value is -1.03. The summed E-state index contributed by atoms with van der Waals surface area (Å²) in [5.41, 5.74) is 3.14. The number of nitrogens with one attached hydrogen (secondary N) is 1. The molecular weight excluding hydrogens is 293 g/mol. The van der Waals surface area contributed by atoms with Gasteiger partial charge in [-0.1, -0.05) is 42.3 Å². The number of halogens is 2. The maximum atomic E-state index is 6.41. The first-order valence-corrected chi connectivity index (χ1v) is 7.45. The number of hydrogen-bond donors (Lipinski definition) is 1. The van der Waals surface area contributed by atoms with Gasteiger partial charge >= 0.3 is 0 Å². The summed E-state index contributed by atoms with van der Waals surface area (Å²) in [7, 11) is 3.88. The van der Waals surface area contributed by atoms with Crippen molar-refractivity contribution in [3.8, 4) is 0 Å². The fourth-order valence-electron chi connectivity index (χ4n) is 2.34. The molecule has 2 aromatic rings. The van der Waals surface area contributed by atoms with E-state index in [-0.39, 0.29) is 6.04 Å². The Labute approximate surface area is 129 Å². The lowest BCUT2D eigenvalue weighted by molar-refractivity contribution is 0.561. The van der Waals surface area contributed by atoms with Gasteiger partial charge in [0.15, 0.2) is 0 Å². The summed E-state index contributed by atoms with van der Waals surface area (Å²) in [6, 6.07) is 8.05. The highest BCUT2D eigenvalue weighted by atomic mass is 35.5. The van der Waals surface area contributed by atoms with E-state index in [1.54, 1.807) is 0 Å². The molecule has 0 saturated heterocycles. The second-order valence-corrected chi connectivity index (χ2v) is 5.60. The van der Waals surface area contributed by atoms with Gasteiger partial charge in [-0.25, -0.2) is 0 Å². The van der Waals surface area contributed by atoms with Gasteiger partial charge in [-0.15, -0.1) is 0 Å². The fraction of sp³-hybridized carbons (Fsp3) is 0.400. The lowest BCUT2D eigenvalue weighted by Gasteiger charge is -2.17. The van der Waals surface area contributed by atoms with Crippen molar-refractivity contribution in [2.24, 2.45) is 7.05 Å². The molecule has 0 radical (unpaired) electrons. The molecule has 3 nitrogen and oxygen atoms in total. The molecule has 0 amide bonds. The number of nitrogens with zero attached hydrogens (tertiary/aromatic N) is 2. The Morgan fingerprint density at radius 1 is 1.35 bits per heavy atom. The summed E-state index contributed by atoms with van der Waals surface area (Å²) in [6.45, 7) is 2.06. The second kappa shape index (κ2) is 6.61. The van der Waals surface area contributed by atoms with E-state index in [1.807, 2.05) is 37.0 Å². The van der Waals surface area contributed by atoms with Crippen LogP contribution in [0, 0.1) is 0 Å². The van der Waals surface area contributed by atoms with Crippen molar-refractivity contribution in [3.05, 3.63) is 51.3 Å². The molecule has 108 valence electrons. The van der Waals surface area contributed by atoms with Gasteiger partial charge in [0.25, 0.3) is 0 Å². The third-order valence-electron chi connectivity index (χ3n) is 3.50. The number of aryl methyl sites for hydroxylation is 2. The highest BCUT2D eigenvalue weighted by molar-refractivity contribution is 6.32. The molecule has 0 aliphatic rings. The highest BCUT2D eigenvalue weighted by Crippen LogP contribution is 2.27. The van der Waals surface area contributed by atoms with Crippen LogP contribution in [-0.4, -0.2) is 16.8 Å². The van der Waals surface area contributed by atoms with Crippen LogP contribution in [0.2, 0.25) is 10.0 Å². The third-order valence-corrected chi connectivity index (χ3v) is 4.17. The van der Waals surface area contributed by atoms with E-state index < -0.39 is 0 Å². The monoisotopic (exact) mass is 311 g/mol. The Kier molecular flexibility index (Phi) is 5.08. The van der Waals surface area contributed by atoms with E-state index in [1.165, 1.54) is 0 Å². The summed E-state index contributed by atoms with van der Waals surface area (Å²) in [4.78, 5) is 0. The number of aromatic nitrogens is 2. The predicted molar refractivity (Wildman–Crippen MR) is 84.6 cm³/mol. The van der Waals surface area contributed by atoms with Crippen molar-refractivity contribution in [1.82, 2.24) is 15.1 Å². The molecule has 0 spiro atoms. The summed E-state index contributed by atoms with van der Waals surface area (Å²) >= 11 is 12.5. The zero-order valence-corrected chi connectivity index (χ0v) is 13.5. The number of rotatable bonds is 5. The first kappa shape index (κ1) is 15.4. The van der Waals surface area contributed by atoms with Crippen molar-refractivity contribution in [2.75, 3.05) is 7.05 Å². The van der Waals surface area contributed by atoms with Crippen LogP contribution in [0.25, 0.3) is 0 Å². The van der Waals surface area contributed by atoms with E-state index >= 15 is 0 Å². The molecule has 0 bridgehead atoms. The normalized spacial score (nSPS) is 12.7. The van der Waals surface area contributed by atoms with Gasteiger partial charge in [0.2, 0.25) is 0 Å². The largest absolute Gasteiger partial charge is 0.313 e. The summed E-state index contributed by atoms with van der Waals surface area (Å²) in [5, 5.41) is 9.29. The van der Waals surface area contributed by atoms with Crippen LogP contribution < -0.4 is 5.32 Å². The Bertz CT molecular complexity index is 593. The molecular formula is C15H19Cl2N3. The fourth-order valence-corrected chi connectivity index (χ4v) is 2.91. The minimum absolute atomic E-state index is 0.159. The molecule has 0 fully saturated rings. The lowest BCUT2D eigenvalue weighted by atomic mass is 10.0. The maximum Gasteiger partial charge on any atom is 0.0850 e. The van der Waals surface area contributed by atoms with Crippen molar-refractivity contribution >= 4 is 23.2 Å². The van der Waals surface area contributed by atoms with Gasteiger partial charge in [-0.3, -0.25) is 4.68 Å². The molecule has 1 aromatic heterocycles. The standard InChI is InChI=1S/C15H19Cl2N3/c1-4-12-15(17)14(20(3)19-12)9-13(18-2)10-6-5-7-11(16)8-10/h5-8,13,18H,4,9H2,1-3H3. The van der Waals surface area contributed by atoms with Crippen molar-refractivity contribution in [2.45, 2.75) is 25.8 Å². The third kappa shape index (κ3) is 3.17. The van der Waals surface area contributed by atoms with E-state index in [0.717, 1.165) is 39.8 Å².